The van der Waals surface area contributed by atoms with Crippen molar-refractivity contribution >= 4 is 33.1 Å². The third kappa shape index (κ3) is 3.69. The number of hydrogen-bond donors (Lipinski definition) is 2. The van der Waals surface area contributed by atoms with Gasteiger partial charge in [0, 0.05) is 28.6 Å². The van der Waals surface area contributed by atoms with Crippen LogP contribution < -0.4 is 5.73 Å². The van der Waals surface area contributed by atoms with E-state index in [2.05, 4.69) is 59.9 Å². The zero-order valence-corrected chi connectivity index (χ0v) is 21.8. The number of primary amides is 1. The first-order valence-corrected chi connectivity index (χ1v) is 13.5. The molecule has 0 atom stereocenters. The van der Waals surface area contributed by atoms with Crippen molar-refractivity contribution in [1.29, 1.82) is 0 Å². The van der Waals surface area contributed by atoms with Gasteiger partial charge in [0.2, 0.25) is 5.91 Å². The Morgan fingerprint density at radius 2 is 2.14 bits per heavy atom. The number of nitrogens with zero attached hydrogens (tertiary/aromatic N) is 4. The van der Waals surface area contributed by atoms with Crippen molar-refractivity contribution in [3.8, 4) is 11.3 Å². The number of pyridine rings is 1. The predicted molar refractivity (Wildman–Crippen MR) is 141 cm³/mol. The maximum Gasteiger partial charge on any atom is 0.231 e. The van der Waals surface area contributed by atoms with Crippen molar-refractivity contribution < 1.29 is 4.79 Å². The van der Waals surface area contributed by atoms with Gasteiger partial charge >= 0.3 is 0 Å². The van der Waals surface area contributed by atoms with E-state index < -0.39 is 0 Å². The van der Waals surface area contributed by atoms with Gasteiger partial charge in [0.15, 0.2) is 5.65 Å². The van der Waals surface area contributed by atoms with Crippen molar-refractivity contribution in [3.05, 3.63) is 40.2 Å². The molecule has 4 aromatic heterocycles. The van der Waals surface area contributed by atoms with Gasteiger partial charge in [0.05, 0.1) is 12.2 Å². The lowest BCUT2D eigenvalue weighted by Crippen LogP contribution is -2.51. The highest BCUT2D eigenvalue weighted by Crippen LogP contribution is 2.58. The highest BCUT2D eigenvalue weighted by molar-refractivity contribution is 7.19. The van der Waals surface area contributed by atoms with Crippen LogP contribution in [0.5, 0.6) is 0 Å². The lowest BCUT2D eigenvalue weighted by molar-refractivity contribution is -0.120. The summed E-state index contributed by atoms with van der Waals surface area (Å²) in [5.74, 6) is 0.808. The number of nitrogens with two attached hydrogens (primary N) is 1. The van der Waals surface area contributed by atoms with E-state index in [9.17, 15) is 4.79 Å². The number of aromatic nitrogens is 4. The maximum absolute atomic E-state index is 11.4. The minimum absolute atomic E-state index is 0.212. The molecule has 0 bridgehead atoms. The summed E-state index contributed by atoms with van der Waals surface area (Å²) in [6.45, 7) is 11.4. The molecule has 0 aromatic carbocycles. The van der Waals surface area contributed by atoms with Gasteiger partial charge in [0.25, 0.3) is 0 Å². The van der Waals surface area contributed by atoms with E-state index in [1.807, 2.05) is 15.9 Å². The molecular weight excluding hydrogens is 456 g/mol. The third-order valence-electron chi connectivity index (χ3n) is 8.24. The average Bonchev–Trinajstić information content (AvgIpc) is 3.46. The monoisotopic (exact) mass is 490 g/mol. The fourth-order valence-electron chi connectivity index (χ4n) is 6.84. The highest BCUT2D eigenvalue weighted by atomic mass is 32.1. The van der Waals surface area contributed by atoms with Crippen LogP contribution >= 0.6 is 11.3 Å². The number of amides is 1. The Morgan fingerprint density at radius 1 is 1.34 bits per heavy atom. The Hall–Kier alpha value is -2.71. The second-order valence-electron chi connectivity index (χ2n) is 11.2. The summed E-state index contributed by atoms with van der Waals surface area (Å²) >= 11 is 1.95. The molecule has 35 heavy (non-hydrogen) atoms. The topological polar surface area (TPSA) is 92.3 Å². The van der Waals surface area contributed by atoms with Crippen LogP contribution in [0.1, 0.15) is 72.9 Å². The first-order chi connectivity index (χ1) is 16.7. The summed E-state index contributed by atoms with van der Waals surface area (Å²) in [6, 6.07) is 2.22. The molecule has 2 fully saturated rings. The number of nitrogens with one attached hydrogen (secondary N) is 1. The molecule has 0 radical (unpaired) electrons. The fraction of sp³-hybridized carbons (Fsp3) is 0.519. The van der Waals surface area contributed by atoms with Gasteiger partial charge in [-0.25, -0.2) is 9.50 Å². The minimum Gasteiger partial charge on any atom is -0.369 e. The number of rotatable bonds is 5. The summed E-state index contributed by atoms with van der Waals surface area (Å²) in [4.78, 5) is 24.7. The Bertz CT molecular complexity index is 1440. The molecule has 3 N–H and O–H groups in total. The number of aryl methyl sites for hydroxylation is 2. The number of hydrogen-bond acceptors (Lipinski definition) is 5. The summed E-state index contributed by atoms with van der Waals surface area (Å²) in [6.07, 6.45) is 8.58. The Kier molecular flexibility index (Phi) is 5.30. The van der Waals surface area contributed by atoms with Gasteiger partial charge in [-0.05, 0) is 86.1 Å². The number of carbonyl (C=O) groups is 1. The lowest BCUT2D eigenvalue weighted by atomic mass is 9.58. The second kappa shape index (κ2) is 8.17. The van der Waals surface area contributed by atoms with Crippen LogP contribution in [-0.2, 0) is 4.79 Å². The van der Waals surface area contributed by atoms with E-state index in [1.165, 1.54) is 52.7 Å². The molecule has 1 saturated carbocycles. The third-order valence-corrected chi connectivity index (χ3v) is 9.61. The molecule has 0 unspecified atom stereocenters. The molecule has 8 heteroatoms. The standard InChI is InChI=1S/C27H34N6OS/c1-15(2)21-22-17(4)24(19-9-27(10-19)6-5-7-32(13-27)12-20(28)34)35-26(22)31-23(21)18-8-16(3)25-29-14-30-33(25)11-18/h8,11,14-15,19,31H,5-7,9-10,12-13H2,1-4H3,(H2,28,34)/t19-,27+. The first-order valence-electron chi connectivity index (χ1n) is 12.7. The summed E-state index contributed by atoms with van der Waals surface area (Å²) < 4.78 is 1.88. The number of piperidine rings is 1. The van der Waals surface area contributed by atoms with Crippen molar-refractivity contribution in [2.24, 2.45) is 11.1 Å². The number of likely N-dealkylation sites (tertiary alicyclic amines) is 1. The van der Waals surface area contributed by atoms with E-state index in [0.29, 0.717) is 23.8 Å². The van der Waals surface area contributed by atoms with Gasteiger partial charge in [-0.1, -0.05) is 13.8 Å². The molecule has 5 heterocycles. The number of aromatic amines is 1. The Morgan fingerprint density at radius 3 is 2.89 bits per heavy atom. The van der Waals surface area contributed by atoms with Crippen LogP contribution in [0.2, 0.25) is 0 Å². The number of fused-ring (bicyclic) bond motifs is 2. The van der Waals surface area contributed by atoms with Crippen LogP contribution in [0.15, 0.2) is 18.6 Å². The van der Waals surface area contributed by atoms with E-state index in [0.717, 1.165) is 29.9 Å². The van der Waals surface area contributed by atoms with Crippen molar-refractivity contribution in [3.63, 3.8) is 0 Å². The molecule has 4 aromatic rings. The summed E-state index contributed by atoms with van der Waals surface area (Å²) in [5.41, 5.74) is 13.1. The number of carbonyl (C=O) groups excluding carboxylic acids is 1. The van der Waals surface area contributed by atoms with Crippen LogP contribution in [0.3, 0.4) is 0 Å². The fourth-order valence-corrected chi connectivity index (χ4v) is 8.17. The van der Waals surface area contributed by atoms with Crippen molar-refractivity contribution in [1.82, 2.24) is 24.5 Å². The molecule has 1 spiro atoms. The minimum atomic E-state index is -0.212. The van der Waals surface area contributed by atoms with Crippen LogP contribution in [-0.4, -0.2) is 50.0 Å². The quantitative estimate of drug-likeness (QED) is 0.406. The molecule has 1 aliphatic carbocycles. The summed E-state index contributed by atoms with van der Waals surface area (Å²) in [5, 5.41) is 5.79. The Labute approximate surface area is 209 Å². The largest absolute Gasteiger partial charge is 0.369 e. The highest BCUT2D eigenvalue weighted by Gasteiger charge is 2.48. The zero-order chi connectivity index (χ0) is 24.5. The van der Waals surface area contributed by atoms with Crippen LogP contribution in [0.4, 0.5) is 0 Å². The Balaban J connectivity index is 1.33. The molecule has 184 valence electrons. The summed E-state index contributed by atoms with van der Waals surface area (Å²) in [7, 11) is 0. The average molecular weight is 491 g/mol. The normalized spacial score (nSPS) is 23.1. The van der Waals surface area contributed by atoms with Crippen molar-refractivity contribution in [2.75, 3.05) is 19.6 Å². The van der Waals surface area contributed by atoms with E-state index in [1.54, 1.807) is 11.2 Å². The van der Waals surface area contributed by atoms with Gasteiger partial charge in [-0.3, -0.25) is 9.69 Å². The first kappa shape index (κ1) is 22.7. The van der Waals surface area contributed by atoms with Crippen LogP contribution in [0.25, 0.3) is 27.1 Å². The van der Waals surface area contributed by atoms with Gasteiger partial charge < -0.3 is 10.7 Å². The number of thiophene rings is 1. The second-order valence-corrected chi connectivity index (χ2v) is 12.2. The van der Waals surface area contributed by atoms with E-state index in [-0.39, 0.29) is 5.91 Å². The molecule has 6 rings (SSSR count). The molecular formula is C27H34N6OS. The number of H-pyrrole nitrogens is 1. The molecule has 7 nitrogen and oxygen atoms in total. The molecule has 1 saturated heterocycles. The van der Waals surface area contributed by atoms with E-state index >= 15 is 0 Å². The van der Waals surface area contributed by atoms with E-state index in [4.69, 9.17) is 5.73 Å². The smallest absolute Gasteiger partial charge is 0.231 e. The predicted octanol–water partition coefficient (Wildman–Crippen LogP) is 5.12. The maximum atomic E-state index is 11.4. The zero-order valence-electron chi connectivity index (χ0n) is 21.0. The SMILES string of the molecule is Cc1cc(-c2[nH]c3sc([C@H]4C[C@]5(CCCN(CC(N)=O)C5)C4)c(C)c3c2C(C)C)cn2ncnc12. The van der Waals surface area contributed by atoms with Crippen LogP contribution in [0, 0.1) is 19.3 Å². The molecule has 1 aliphatic heterocycles. The molecule has 2 aliphatic rings. The van der Waals surface area contributed by atoms with Crippen molar-refractivity contribution in [2.45, 2.75) is 65.2 Å². The van der Waals surface area contributed by atoms with Gasteiger partial charge in [-0.15, -0.1) is 11.3 Å². The van der Waals surface area contributed by atoms with Gasteiger partial charge in [0.1, 0.15) is 11.2 Å². The van der Waals surface area contributed by atoms with Gasteiger partial charge in [-0.2, -0.15) is 5.10 Å². The lowest BCUT2D eigenvalue weighted by Gasteiger charge is -2.53. The molecule has 1 amide bonds.